The minimum absolute atomic E-state index is 0.0000483. The van der Waals surface area contributed by atoms with Gasteiger partial charge in [-0.3, -0.25) is 9.59 Å². The highest BCUT2D eigenvalue weighted by Gasteiger charge is 2.14. The van der Waals surface area contributed by atoms with E-state index in [1.54, 1.807) is 4.57 Å². The van der Waals surface area contributed by atoms with Crippen LogP contribution in [0, 0.1) is 5.21 Å². The summed E-state index contributed by atoms with van der Waals surface area (Å²) in [4.78, 5) is 33.2. The van der Waals surface area contributed by atoms with E-state index < -0.39 is 5.97 Å². The number of nitrogens with zero attached hydrogens (tertiary/aromatic N) is 4. The summed E-state index contributed by atoms with van der Waals surface area (Å²) in [5, 5.41) is 11.5. The molecule has 0 saturated carbocycles. The van der Waals surface area contributed by atoms with E-state index in [2.05, 4.69) is 16.9 Å². The third-order valence-electron chi connectivity index (χ3n) is 4.37. The zero-order valence-corrected chi connectivity index (χ0v) is 15.7. The Labute approximate surface area is 162 Å². The number of benzene rings is 1. The van der Waals surface area contributed by atoms with E-state index in [1.807, 2.05) is 24.3 Å². The zero-order chi connectivity index (χ0) is 19.9. The maximum absolute atomic E-state index is 12.8. The summed E-state index contributed by atoms with van der Waals surface area (Å²) < 4.78 is 7.36. The number of carbonyl (C=O) groups is 1. The first-order valence-corrected chi connectivity index (χ1v) is 9.27. The van der Waals surface area contributed by atoms with Crippen molar-refractivity contribution in [2.24, 2.45) is 0 Å². The van der Waals surface area contributed by atoms with Crippen LogP contribution in [0.5, 0.6) is 0 Å². The van der Waals surface area contributed by atoms with E-state index in [1.165, 1.54) is 18.5 Å². The Morgan fingerprint density at radius 2 is 2.11 bits per heavy atom. The first-order chi connectivity index (χ1) is 13.6. The minimum atomic E-state index is -0.514. The highest BCUT2D eigenvalue weighted by Crippen LogP contribution is 2.12. The number of esters is 1. The molecule has 2 heterocycles. The van der Waals surface area contributed by atoms with Gasteiger partial charge < -0.3 is 14.5 Å². The highest BCUT2D eigenvalue weighted by atomic mass is 16.5. The number of para-hydroxylation sites is 2. The van der Waals surface area contributed by atoms with Crippen LogP contribution in [-0.4, -0.2) is 20.5 Å². The Hall–Kier alpha value is -3.29. The molecule has 0 fully saturated rings. The molecular weight excluding hydrogens is 360 g/mol. The molecule has 0 N–H and O–H groups in total. The molecule has 0 saturated heterocycles. The molecule has 2 aromatic heterocycles. The number of ether oxygens (including phenoxy) is 1. The van der Waals surface area contributed by atoms with Crippen molar-refractivity contribution >= 4 is 17.0 Å². The molecule has 1 aromatic carbocycles. The fourth-order valence-corrected chi connectivity index (χ4v) is 2.87. The van der Waals surface area contributed by atoms with Gasteiger partial charge in [-0.2, -0.15) is 0 Å². The number of hydrogen-bond donors (Lipinski definition) is 0. The lowest BCUT2D eigenvalue weighted by Gasteiger charge is -2.12. The van der Waals surface area contributed by atoms with E-state index in [4.69, 9.17) is 4.74 Å². The molecule has 0 radical (unpaired) electrons. The van der Waals surface area contributed by atoms with E-state index in [9.17, 15) is 14.8 Å². The number of hydrogen-bond acceptors (Lipinski definition) is 6. The first kappa shape index (κ1) is 19.5. The van der Waals surface area contributed by atoms with Gasteiger partial charge in [-0.05, 0) is 23.5 Å². The van der Waals surface area contributed by atoms with Gasteiger partial charge in [-0.1, -0.05) is 25.5 Å². The molecule has 3 rings (SSSR count). The van der Waals surface area contributed by atoms with Crippen LogP contribution in [-0.2, 0) is 29.1 Å². The molecule has 0 aliphatic carbocycles. The lowest BCUT2D eigenvalue weighted by Crippen LogP contribution is -2.33. The third-order valence-corrected chi connectivity index (χ3v) is 4.37. The van der Waals surface area contributed by atoms with Gasteiger partial charge in [0.2, 0.25) is 0 Å². The Morgan fingerprint density at radius 3 is 2.89 bits per heavy atom. The number of unbranched alkanes of at least 4 members (excludes halogenated alkanes) is 1. The van der Waals surface area contributed by atoms with Crippen molar-refractivity contribution in [3.8, 4) is 0 Å². The monoisotopic (exact) mass is 382 g/mol. The molecule has 0 aliphatic heterocycles. The molecular formula is C20H22N4O4. The molecule has 0 atom stereocenters. The summed E-state index contributed by atoms with van der Waals surface area (Å²) in [5.74, 6) is -0.415. The van der Waals surface area contributed by atoms with Crippen LogP contribution in [0.15, 0.2) is 47.5 Å². The summed E-state index contributed by atoms with van der Waals surface area (Å²) in [7, 11) is 0. The number of aromatic nitrogens is 4. The van der Waals surface area contributed by atoms with Gasteiger partial charge in [0.25, 0.3) is 5.56 Å². The number of rotatable bonds is 8. The van der Waals surface area contributed by atoms with Gasteiger partial charge in [-0.15, -0.1) is 0 Å². The molecule has 0 unspecified atom stereocenters. The average molecular weight is 382 g/mol. The molecule has 0 aliphatic rings. The van der Waals surface area contributed by atoms with Crippen molar-refractivity contribution in [3.63, 3.8) is 0 Å². The average Bonchev–Trinajstić information content (AvgIpc) is 2.71. The van der Waals surface area contributed by atoms with Crippen molar-refractivity contribution in [1.82, 2.24) is 14.5 Å². The fourth-order valence-electron chi connectivity index (χ4n) is 2.87. The summed E-state index contributed by atoms with van der Waals surface area (Å²) in [6, 6.07) is 8.97. The Morgan fingerprint density at radius 1 is 1.29 bits per heavy atom. The van der Waals surface area contributed by atoms with Gasteiger partial charge >= 0.3 is 11.8 Å². The summed E-state index contributed by atoms with van der Waals surface area (Å²) in [6.45, 7) is 2.46. The predicted octanol–water partition coefficient (Wildman–Crippen LogP) is 1.90. The van der Waals surface area contributed by atoms with Crippen LogP contribution < -0.4 is 10.3 Å². The Kier molecular flexibility index (Phi) is 6.31. The maximum atomic E-state index is 12.8. The highest BCUT2D eigenvalue weighted by molar-refractivity contribution is 5.75. The number of carbonyl (C=O) groups excluding carboxylic acids is 1. The van der Waals surface area contributed by atoms with Gasteiger partial charge in [0.15, 0.2) is 6.61 Å². The predicted molar refractivity (Wildman–Crippen MR) is 102 cm³/mol. The van der Waals surface area contributed by atoms with Crippen LogP contribution in [0.4, 0.5) is 0 Å². The van der Waals surface area contributed by atoms with Crippen LogP contribution in [0.25, 0.3) is 11.0 Å². The van der Waals surface area contributed by atoms with Crippen molar-refractivity contribution < 1.29 is 14.3 Å². The second-order valence-corrected chi connectivity index (χ2v) is 6.38. The molecule has 8 heteroatoms. The van der Waals surface area contributed by atoms with Gasteiger partial charge in [0.1, 0.15) is 11.9 Å². The second kappa shape index (κ2) is 9.07. The van der Waals surface area contributed by atoms with Crippen LogP contribution in [0.3, 0.4) is 0 Å². The van der Waals surface area contributed by atoms with Gasteiger partial charge in [0, 0.05) is 19.0 Å². The number of aryl methyl sites for hydroxylation is 2. The van der Waals surface area contributed by atoms with Crippen LogP contribution >= 0.6 is 0 Å². The van der Waals surface area contributed by atoms with E-state index in [0.29, 0.717) is 17.0 Å². The quantitative estimate of drug-likeness (QED) is 0.335. The van der Waals surface area contributed by atoms with Gasteiger partial charge in [-0.25, -0.2) is 9.71 Å². The molecule has 146 valence electrons. The van der Waals surface area contributed by atoms with Crippen molar-refractivity contribution in [2.75, 3.05) is 0 Å². The van der Waals surface area contributed by atoms with E-state index >= 15 is 0 Å². The van der Waals surface area contributed by atoms with Crippen LogP contribution in [0.1, 0.15) is 37.7 Å². The van der Waals surface area contributed by atoms with E-state index in [0.717, 1.165) is 23.9 Å². The number of fused-ring (bicyclic) bond motifs is 1. The maximum Gasteiger partial charge on any atom is 0.339 e. The Bertz CT molecular complexity index is 1030. The minimum Gasteiger partial charge on any atom is -0.711 e. The standard InChI is InChI=1S/C20H22N4O4/c1-2-3-12-23-17-8-5-4-7-15(17)22-16(20(23)26)9-10-19(25)28-14-18-21-11-6-13-24(18)27/h4-8,11,13H,2-3,9-10,12,14H2,1H3. The molecule has 0 bridgehead atoms. The zero-order valence-electron chi connectivity index (χ0n) is 15.7. The topological polar surface area (TPSA) is 101 Å². The SMILES string of the molecule is CCCCn1c(=O)c(CCC(=O)OCc2nccc[n+]2[O-])nc2ccccc21. The van der Waals surface area contributed by atoms with Crippen molar-refractivity contribution in [2.45, 2.75) is 45.8 Å². The molecule has 0 amide bonds. The third kappa shape index (κ3) is 4.51. The molecule has 28 heavy (non-hydrogen) atoms. The molecule has 8 nitrogen and oxygen atoms in total. The van der Waals surface area contributed by atoms with E-state index in [-0.39, 0.29) is 30.8 Å². The second-order valence-electron chi connectivity index (χ2n) is 6.38. The first-order valence-electron chi connectivity index (χ1n) is 9.27. The fraction of sp³-hybridized carbons (Fsp3) is 0.350. The normalized spacial score (nSPS) is 10.9. The summed E-state index contributed by atoms with van der Waals surface area (Å²) in [5.41, 5.74) is 1.68. The van der Waals surface area contributed by atoms with Crippen molar-refractivity contribution in [1.29, 1.82) is 0 Å². The smallest absolute Gasteiger partial charge is 0.339 e. The Balaban J connectivity index is 1.71. The van der Waals surface area contributed by atoms with Gasteiger partial charge in [0.05, 0.1) is 23.7 Å². The van der Waals surface area contributed by atoms with Crippen LogP contribution in [0.2, 0.25) is 0 Å². The lowest BCUT2D eigenvalue weighted by molar-refractivity contribution is -0.620. The molecule has 3 aromatic rings. The largest absolute Gasteiger partial charge is 0.711 e. The summed E-state index contributed by atoms with van der Waals surface area (Å²) >= 11 is 0. The molecule has 0 spiro atoms. The van der Waals surface area contributed by atoms with Crippen molar-refractivity contribution in [3.05, 3.63) is 69.8 Å². The lowest BCUT2D eigenvalue weighted by atomic mass is 10.2. The summed E-state index contributed by atoms with van der Waals surface area (Å²) in [6.07, 6.45) is 4.77.